The Kier molecular flexibility index (Phi) is 4.87. The lowest BCUT2D eigenvalue weighted by Gasteiger charge is -2.20. The maximum atomic E-state index is 12.1. The highest BCUT2D eigenvalue weighted by Gasteiger charge is 2.18. The van der Waals surface area contributed by atoms with E-state index >= 15 is 0 Å². The fourth-order valence-corrected chi connectivity index (χ4v) is 1.95. The van der Waals surface area contributed by atoms with Crippen LogP contribution in [0.3, 0.4) is 0 Å². The first kappa shape index (κ1) is 15.4. The standard InChI is InChI=1S/C16H24N2O/c1-7-14(16(4,5)6)17-18-15(19)13-10-8-9-11(2)12(13)3/h8-10H,7H2,1-6H3,(H,18,19)/b17-14+. The summed E-state index contributed by atoms with van der Waals surface area (Å²) in [5.74, 6) is -0.142. The van der Waals surface area contributed by atoms with Crippen molar-refractivity contribution in [2.45, 2.75) is 48.0 Å². The lowest BCUT2D eigenvalue weighted by atomic mass is 9.88. The molecule has 1 aromatic carbocycles. The molecule has 0 unspecified atom stereocenters. The van der Waals surface area contributed by atoms with Crippen LogP contribution in [0.4, 0.5) is 0 Å². The Morgan fingerprint density at radius 1 is 1.26 bits per heavy atom. The Balaban J connectivity index is 2.92. The first-order valence-electron chi connectivity index (χ1n) is 6.71. The SMILES string of the molecule is CC/C(=N\NC(=O)c1cccc(C)c1C)C(C)(C)C. The predicted molar refractivity (Wildman–Crippen MR) is 80.6 cm³/mol. The zero-order valence-electron chi connectivity index (χ0n) is 12.8. The van der Waals surface area contributed by atoms with E-state index in [1.807, 2.05) is 39.0 Å². The van der Waals surface area contributed by atoms with Crippen LogP contribution in [-0.4, -0.2) is 11.6 Å². The zero-order valence-corrected chi connectivity index (χ0v) is 12.8. The highest BCUT2D eigenvalue weighted by Crippen LogP contribution is 2.18. The molecule has 0 radical (unpaired) electrons. The van der Waals surface area contributed by atoms with Crippen LogP contribution in [0.5, 0.6) is 0 Å². The Hall–Kier alpha value is -1.64. The number of nitrogens with one attached hydrogen (secondary N) is 1. The zero-order chi connectivity index (χ0) is 14.6. The topological polar surface area (TPSA) is 41.5 Å². The van der Waals surface area contributed by atoms with Crippen LogP contribution in [0, 0.1) is 19.3 Å². The smallest absolute Gasteiger partial charge is 0.267 e. The number of aryl methyl sites for hydroxylation is 1. The molecule has 19 heavy (non-hydrogen) atoms. The molecule has 0 saturated heterocycles. The van der Waals surface area contributed by atoms with Crippen molar-refractivity contribution >= 4 is 11.6 Å². The Morgan fingerprint density at radius 2 is 1.89 bits per heavy atom. The molecule has 1 aromatic rings. The molecule has 104 valence electrons. The summed E-state index contributed by atoms with van der Waals surface area (Å²) in [6.07, 6.45) is 0.830. The number of nitrogens with zero attached hydrogens (tertiary/aromatic N) is 1. The van der Waals surface area contributed by atoms with Crippen LogP contribution >= 0.6 is 0 Å². The van der Waals surface area contributed by atoms with Gasteiger partial charge in [-0.05, 0) is 37.5 Å². The van der Waals surface area contributed by atoms with Crippen molar-refractivity contribution in [3.63, 3.8) is 0 Å². The fourth-order valence-electron chi connectivity index (χ4n) is 1.95. The molecule has 0 aliphatic heterocycles. The molecule has 0 atom stereocenters. The van der Waals surface area contributed by atoms with Gasteiger partial charge < -0.3 is 0 Å². The average Bonchev–Trinajstić information content (AvgIpc) is 2.31. The average molecular weight is 260 g/mol. The van der Waals surface area contributed by atoms with Gasteiger partial charge in [0.05, 0.1) is 0 Å². The number of carbonyl (C=O) groups excluding carboxylic acids is 1. The van der Waals surface area contributed by atoms with Gasteiger partial charge in [0, 0.05) is 16.7 Å². The second-order valence-corrected chi connectivity index (χ2v) is 5.85. The Labute approximate surface area is 116 Å². The van der Waals surface area contributed by atoms with Gasteiger partial charge in [-0.25, -0.2) is 5.43 Å². The lowest BCUT2D eigenvalue weighted by Crippen LogP contribution is -2.26. The molecule has 0 fully saturated rings. The molecule has 3 nitrogen and oxygen atoms in total. The maximum Gasteiger partial charge on any atom is 0.271 e. The van der Waals surface area contributed by atoms with E-state index in [2.05, 4.69) is 31.3 Å². The summed E-state index contributed by atoms with van der Waals surface area (Å²) in [6, 6.07) is 5.73. The number of hydrogen-bond donors (Lipinski definition) is 1. The van der Waals surface area contributed by atoms with Gasteiger partial charge in [-0.2, -0.15) is 5.10 Å². The number of hydrazone groups is 1. The van der Waals surface area contributed by atoms with Crippen molar-refractivity contribution < 1.29 is 4.79 Å². The second-order valence-electron chi connectivity index (χ2n) is 5.85. The summed E-state index contributed by atoms with van der Waals surface area (Å²) in [4.78, 5) is 12.1. The monoisotopic (exact) mass is 260 g/mol. The van der Waals surface area contributed by atoms with Crippen LogP contribution in [0.2, 0.25) is 0 Å². The van der Waals surface area contributed by atoms with Crippen LogP contribution in [-0.2, 0) is 0 Å². The van der Waals surface area contributed by atoms with Gasteiger partial charge in [0.2, 0.25) is 0 Å². The van der Waals surface area contributed by atoms with Gasteiger partial charge in [-0.3, -0.25) is 4.79 Å². The normalized spacial score (nSPS) is 12.4. The Morgan fingerprint density at radius 3 is 2.42 bits per heavy atom. The van der Waals surface area contributed by atoms with Crippen molar-refractivity contribution in [3.05, 3.63) is 34.9 Å². The van der Waals surface area contributed by atoms with Gasteiger partial charge in [0.25, 0.3) is 5.91 Å². The summed E-state index contributed by atoms with van der Waals surface area (Å²) in [5.41, 5.74) is 6.45. The summed E-state index contributed by atoms with van der Waals surface area (Å²) in [6.45, 7) is 12.3. The minimum Gasteiger partial charge on any atom is -0.267 e. The molecule has 1 N–H and O–H groups in total. The van der Waals surface area contributed by atoms with Gasteiger partial charge in [0.1, 0.15) is 0 Å². The molecule has 3 heteroatoms. The molecule has 1 amide bonds. The molecule has 1 rings (SSSR count). The van der Waals surface area contributed by atoms with Crippen LogP contribution in [0.1, 0.15) is 55.6 Å². The van der Waals surface area contributed by atoms with E-state index < -0.39 is 0 Å². The summed E-state index contributed by atoms with van der Waals surface area (Å²) in [7, 11) is 0. The summed E-state index contributed by atoms with van der Waals surface area (Å²) in [5, 5.41) is 4.28. The first-order chi connectivity index (χ1) is 8.77. The van der Waals surface area contributed by atoms with Crippen molar-refractivity contribution in [1.82, 2.24) is 5.43 Å². The molecular weight excluding hydrogens is 236 g/mol. The van der Waals surface area contributed by atoms with Crippen molar-refractivity contribution in [1.29, 1.82) is 0 Å². The van der Waals surface area contributed by atoms with E-state index in [9.17, 15) is 4.79 Å². The van der Waals surface area contributed by atoms with Gasteiger partial charge in [-0.15, -0.1) is 0 Å². The highest BCUT2D eigenvalue weighted by molar-refractivity contribution is 5.97. The number of hydrogen-bond acceptors (Lipinski definition) is 2. The highest BCUT2D eigenvalue weighted by atomic mass is 16.2. The van der Waals surface area contributed by atoms with Crippen LogP contribution < -0.4 is 5.43 Å². The molecule has 0 aliphatic carbocycles. The molecule has 0 spiro atoms. The summed E-state index contributed by atoms with van der Waals surface area (Å²) < 4.78 is 0. The molecule has 0 bridgehead atoms. The van der Waals surface area contributed by atoms with Crippen LogP contribution in [0.15, 0.2) is 23.3 Å². The maximum absolute atomic E-state index is 12.1. The van der Waals surface area contributed by atoms with E-state index in [0.29, 0.717) is 5.56 Å². The number of rotatable bonds is 3. The number of carbonyl (C=O) groups is 1. The molecule has 0 aliphatic rings. The number of benzene rings is 1. The third-order valence-electron chi connectivity index (χ3n) is 3.34. The third-order valence-corrected chi connectivity index (χ3v) is 3.34. The molecule has 0 heterocycles. The van der Waals surface area contributed by atoms with Gasteiger partial charge in [0.15, 0.2) is 0 Å². The van der Waals surface area contributed by atoms with E-state index in [1.165, 1.54) is 0 Å². The minimum absolute atomic E-state index is 0.0241. The van der Waals surface area contributed by atoms with Gasteiger partial charge in [-0.1, -0.05) is 39.8 Å². The predicted octanol–water partition coefficient (Wildman–Crippen LogP) is 3.85. The van der Waals surface area contributed by atoms with Crippen molar-refractivity contribution in [3.8, 4) is 0 Å². The fraction of sp³-hybridized carbons (Fsp3) is 0.500. The van der Waals surface area contributed by atoms with Crippen molar-refractivity contribution in [2.24, 2.45) is 10.5 Å². The van der Waals surface area contributed by atoms with E-state index in [1.54, 1.807) is 0 Å². The number of amides is 1. The molecule has 0 aromatic heterocycles. The van der Waals surface area contributed by atoms with E-state index in [4.69, 9.17) is 0 Å². The van der Waals surface area contributed by atoms with E-state index in [0.717, 1.165) is 23.3 Å². The van der Waals surface area contributed by atoms with Gasteiger partial charge >= 0.3 is 0 Å². The minimum atomic E-state index is -0.142. The summed E-state index contributed by atoms with van der Waals surface area (Å²) >= 11 is 0. The lowest BCUT2D eigenvalue weighted by molar-refractivity contribution is 0.0953. The third kappa shape index (κ3) is 3.91. The largest absolute Gasteiger partial charge is 0.271 e. The van der Waals surface area contributed by atoms with E-state index in [-0.39, 0.29) is 11.3 Å². The Bertz CT molecular complexity index is 496. The second kappa shape index (κ2) is 6.00. The van der Waals surface area contributed by atoms with Crippen molar-refractivity contribution in [2.75, 3.05) is 0 Å². The van der Waals surface area contributed by atoms with Crippen LogP contribution in [0.25, 0.3) is 0 Å². The molecule has 0 saturated carbocycles. The molecular formula is C16H24N2O. The first-order valence-corrected chi connectivity index (χ1v) is 6.71. The quantitative estimate of drug-likeness (QED) is 0.651.